The van der Waals surface area contributed by atoms with Gasteiger partial charge in [0, 0.05) is 20.1 Å². The molecule has 1 aliphatic carbocycles. The van der Waals surface area contributed by atoms with Crippen LogP contribution in [0.15, 0.2) is 0 Å². The summed E-state index contributed by atoms with van der Waals surface area (Å²) >= 11 is 0. The molecule has 1 aliphatic heterocycles. The van der Waals surface area contributed by atoms with E-state index in [-0.39, 0.29) is 5.92 Å². The van der Waals surface area contributed by atoms with Gasteiger partial charge in [-0.05, 0) is 31.7 Å². The van der Waals surface area contributed by atoms with Crippen molar-refractivity contribution in [1.29, 1.82) is 0 Å². The molecule has 1 heterocycles. The molecule has 1 saturated carbocycles. The molecule has 1 saturated heterocycles. The van der Waals surface area contributed by atoms with E-state index < -0.39 is 0 Å². The van der Waals surface area contributed by atoms with Gasteiger partial charge < -0.3 is 10.2 Å². The van der Waals surface area contributed by atoms with Crippen LogP contribution in [0.5, 0.6) is 0 Å². The van der Waals surface area contributed by atoms with E-state index in [1.807, 2.05) is 11.9 Å². The van der Waals surface area contributed by atoms with Crippen LogP contribution in [0.2, 0.25) is 0 Å². The maximum atomic E-state index is 12.0. The van der Waals surface area contributed by atoms with Crippen LogP contribution in [-0.2, 0) is 4.79 Å². The summed E-state index contributed by atoms with van der Waals surface area (Å²) in [6.07, 6.45) is 6.38. The Labute approximate surface area is 92.2 Å². The van der Waals surface area contributed by atoms with E-state index >= 15 is 0 Å². The van der Waals surface area contributed by atoms with Gasteiger partial charge in [-0.3, -0.25) is 4.79 Å². The molecule has 0 bridgehead atoms. The molecule has 3 heteroatoms. The van der Waals surface area contributed by atoms with Crippen LogP contribution in [0.1, 0.15) is 32.1 Å². The van der Waals surface area contributed by atoms with E-state index in [9.17, 15) is 4.79 Å². The number of carbonyl (C=O) groups excluding carboxylic acids is 1. The average Bonchev–Trinajstić information content (AvgIpc) is 2.88. The van der Waals surface area contributed by atoms with E-state index in [0.717, 1.165) is 32.0 Å². The molecule has 15 heavy (non-hydrogen) atoms. The first-order chi connectivity index (χ1) is 7.27. The van der Waals surface area contributed by atoms with E-state index in [1.54, 1.807) is 0 Å². The van der Waals surface area contributed by atoms with Crippen molar-refractivity contribution in [2.45, 2.75) is 32.1 Å². The highest BCUT2D eigenvalue weighted by Gasteiger charge is 2.27. The fraction of sp³-hybridized carbons (Fsp3) is 0.917. The van der Waals surface area contributed by atoms with Crippen LogP contribution >= 0.6 is 0 Å². The summed E-state index contributed by atoms with van der Waals surface area (Å²) in [5.74, 6) is 1.37. The Bertz CT molecular complexity index is 218. The van der Waals surface area contributed by atoms with Crippen molar-refractivity contribution in [1.82, 2.24) is 10.2 Å². The summed E-state index contributed by atoms with van der Waals surface area (Å²) in [6.45, 7) is 2.87. The molecule has 1 atom stereocenters. The van der Waals surface area contributed by atoms with Gasteiger partial charge in [0.25, 0.3) is 0 Å². The molecule has 2 rings (SSSR count). The summed E-state index contributed by atoms with van der Waals surface area (Å²) in [4.78, 5) is 14.0. The Kier molecular flexibility index (Phi) is 3.62. The van der Waals surface area contributed by atoms with Gasteiger partial charge in [-0.15, -0.1) is 0 Å². The highest BCUT2D eigenvalue weighted by atomic mass is 16.2. The van der Waals surface area contributed by atoms with Crippen molar-refractivity contribution in [3.8, 4) is 0 Å². The summed E-state index contributed by atoms with van der Waals surface area (Å²) in [5.41, 5.74) is 0. The predicted octanol–water partition coefficient (Wildman–Crippen LogP) is 1.24. The third-order valence-electron chi connectivity index (χ3n) is 3.79. The molecule has 1 N–H and O–H groups in total. The van der Waals surface area contributed by atoms with Gasteiger partial charge in [0.05, 0.1) is 5.92 Å². The molecule has 1 amide bonds. The zero-order chi connectivity index (χ0) is 10.7. The Morgan fingerprint density at radius 1 is 1.33 bits per heavy atom. The fourth-order valence-corrected chi connectivity index (χ4v) is 2.85. The molecular weight excluding hydrogens is 188 g/mol. The third kappa shape index (κ3) is 2.71. The Hall–Kier alpha value is -0.570. The minimum absolute atomic E-state index is 0.247. The number of nitrogens with zero attached hydrogens (tertiary/aromatic N) is 1. The fourth-order valence-electron chi connectivity index (χ4n) is 2.85. The van der Waals surface area contributed by atoms with Gasteiger partial charge in [0.2, 0.25) is 5.91 Å². The molecule has 2 aliphatic rings. The van der Waals surface area contributed by atoms with Gasteiger partial charge in [0.1, 0.15) is 0 Å². The lowest BCUT2D eigenvalue weighted by molar-refractivity contribution is -0.134. The topological polar surface area (TPSA) is 32.3 Å². The lowest BCUT2D eigenvalue weighted by Gasteiger charge is -2.23. The quantitative estimate of drug-likeness (QED) is 0.760. The normalized spacial score (nSPS) is 27.1. The Morgan fingerprint density at radius 3 is 2.67 bits per heavy atom. The zero-order valence-corrected chi connectivity index (χ0v) is 9.67. The minimum atomic E-state index is 0.247. The molecule has 0 aromatic rings. The molecule has 0 aromatic carbocycles. The molecule has 0 unspecified atom stereocenters. The standard InChI is InChI=1S/C12H22N2O/c1-14(9-10-4-2-3-5-10)12(15)11-6-7-13-8-11/h10-11,13H,2-9H2,1H3/t11-/m0/s1. The molecule has 0 radical (unpaired) electrons. The first kappa shape index (κ1) is 10.9. The number of carbonyl (C=O) groups is 1. The molecular formula is C12H22N2O. The lowest BCUT2D eigenvalue weighted by Crippen LogP contribution is -2.36. The predicted molar refractivity (Wildman–Crippen MR) is 60.6 cm³/mol. The SMILES string of the molecule is CN(CC1CCCC1)C(=O)[C@H]1CCNC1. The van der Waals surface area contributed by atoms with Crippen LogP contribution in [0.4, 0.5) is 0 Å². The summed E-state index contributed by atoms with van der Waals surface area (Å²) in [7, 11) is 1.97. The van der Waals surface area contributed by atoms with Gasteiger partial charge >= 0.3 is 0 Å². The number of hydrogen-bond acceptors (Lipinski definition) is 2. The second-order valence-corrected chi connectivity index (χ2v) is 5.06. The summed E-state index contributed by atoms with van der Waals surface area (Å²) in [6, 6.07) is 0. The number of rotatable bonds is 3. The van der Waals surface area contributed by atoms with Crippen molar-refractivity contribution in [2.24, 2.45) is 11.8 Å². The van der Waals surface area contributed by atoms with Crippen molar-refractivity contribution < 1.29 is 4.79 Å². The van der Waals surface area contributed by atoms with Crippen LogP contribution in [0, 0.1) is 11.8 Å². The Morgan fingerprint density at radius 2 is 2.07 bits per heavy atom. The second-order valence-electron chi connectivity index (χ2n) is 5.06. The summed E-state index contributed by atoms with van der Waals surface area (Å²) < 4.78 is 0. The van der Waals surface area contributed by atoms with Crippen molar-refractivity contribution in [2.75, 3.05) is 26.7 Å². The van der Waals surface area contributed by atoms with Crippen molar-refractivity contribution in [3.63, 3.8) is 0 Å². The zero-order valence-electron chi connectivity index (χ0n) is 9.67. The highest BCUT2D eigenvalue weighted by molar-refractivity contribution is 5.79. The molecule has 3 nitrogen and oxygen atoms in total. The molecule has 0 aromatic heterocycles. The van der Waals surface area contributed by atoms with Crippen molar-refractivity contribution in [3.05, 3.63) is 0 Å². The van der Waals surface area contributed by atoms with Crippen LogP contribution < -0.4 is 5.32 Å². The second kappa shape index (κ2) is 4.97. The van der Waals surface area contributed by atoms with Crippen LogP contribution in [-0.4, -0.2) is 37.5 Å². The van der Waals surface area contributed by atoms with E-state index in [2.05, 4.69) is 5.32 Å². The first-order valence-corrected chi connectivity index (χ1v) is 6.23. The van der Waals surface area contributed by atoms with Crippen LogP contribution in [0.3, 0.4) is 0 Å². The van der Waals surface area contributed by atoms with Gasteiger partial charge in [-0.1, -0.05) is 12.8 Å². The maximum absolute atomic E-state index is 12.0. The van der Waals surface area contributed by atoms with Gasteiger partial charge in [-0.2, -0.15) is 0 Å². The van der Waals surface area contributed by atoms with E-state index in [0.29, 0.717) is 5.91 Å². The smallest absolute Gasteiger partial charge is 0.226 e. The third-order valence-corrected chi connectivity index (χ3v) is 3.79. The number of hydrogen-bond donors (Lipinski definition) is 1. The number of nitrogens with one attached hydrogen (secondary N) is 1. The van der Waals surface area contributed by atoms with E-state index in [4.69, 9.17) is 0 Å². The number of amides is 1. The summed E-state index contributed by atoms with van der Waals surface area (Å²) in [5, 5.41) is 3.25. The monoisotopic (exact) mass is 210 g/mol. The minimum Gasteiger partial charge on any atom is -0.345 e. The largest absolute Gasteiger partial charge is 0.345 e. The van der Waals surface area contributed by atoms with E-state index in [1.165, 1.54) is 25.7 Å². The Balaban J connectivity index is 1.78. The maximum Gasteiger partial charge on any atom is 0.226 e. The molecule has 0 spiro atoms. The lowest BCUT2D eigenvalue weighted by atomic mass is 10.0. The highest BCUT2D eigenvalue weighted by Crippen LogP contribution is 2.25. The van der Waals surface area contributed by atoms with Crippen LogP contribution in [0.25, 0.3) is 0 Å². The average molecular weight is 210 g/mol. The van der Waals surface area contributed by atoms with Gasteiger partial charge in [0.15, 0.2) is 0 Å². The first-order valence-electron chi connectivity index (χ1n) is 6.23. The van der Waals surface area contributed by atoms with Crippen molar-refractivity contribution >= 4 is 5.91 Å². The molecule has 86 valence electrons. The molecule has 2 fully saturated rings. The van der Waals surface area contributed by atoms with Gasteiger partial charge in [-0.25, -0.2) is 0 Å².